The van der Waals surface area contributed by atoms with Gasteiger partial charge in [0.2, 0.25) is 0 Å². The van der Waals surface area contributed by atoms with E-state index >= 15 is 0 Å². The fraction of sp³-hybridized carbons (Fsp3) is 0.385. The molecule has 0 amide bonds. The Kier molecular flexibility index (Phi) is 4.48. The molecule has 2 rings (SSSR count). The lowest BCUT2D eigenvalue weighted by atomic mass is 10.2. The summed E-state index contributed by atoms with van der Waals surface area (Å²) < 4.78 is 75.1. The highest BCUT2D eigenvalue weighted by Gasteiger charge is 2.45. The molecule has 0 saturated heterocycles. The number of nitrogens with one attached hydrogen (secondary N) is 1. The van der Waals surface area contributed by atoms with Crippen molar-refractivity contribution in [2.24, 2.45) is 0 Å². The van der Waals surface area contributed by atoms with E-state index in [0.29, 0.717) is 10.9 Å². The van der Waals surface area contributed by atoms with Crippen LogP contribution in [-0.4, -0.2) is 25.0 Å². The summed E-state index contributed by atoms with van der Waals surface area (Å²) in [5.74, 6) is -0.429. The summed E-state index contributed by atoms with van der Waals surface area (Å²) in [4.78, 5) is 0. The number of benzene rings is 1. The molecular formula is C13H14F4N2O2S. The molecule has 4 nitrogen and oxygen atoms in total. The van der Waals surface area contributed by atoms with Gasteiger partial charge in [0.1, 0.15) is 5.82 Å². The van der Waals surface area contributed by atoms with Gasteiger partial charge in [0.15, 0.2) is 0 Å². The number of halogens is 4. The van der Waals surface area contributed by atoms with Gasteiger partial charge in [-0.25, -0.2) is 17.5 Å². The maximum atomic E-state index is 13.8. The summed E-state index contributed by atoms with van der Waals surface area (Å²) in [5, 5.41) is 0.688. The Hall–Kier alpha value is -1.61. The predicted octanol–water partition coefficient (Wildman–Crippen LogP) is 2.92. The van der Waals surface area contributed by atoms with Crippen molar-refractivity contribution in [2.45, 2.75) is 25.4 Å². The maximum Gasteiger partial charge on any atom is 0.511 e. The fourth-order valence-electron chi connectivity index (χ4n) is 2.23. The molecule has 0 saturated carbocycles. The van der Waals surface area contributed by atoms with Crippen LogP contribution in [0.1, 0.15) is 12.1 Å². The van der Waals surface area contributed by atoms with Crippen LogP contribution in [0.4, 0.5) is 17.6 Å². The lowest BCUT2D eigenvalue weighted by molar-refractivity contribution is -0.0447. The molecule has 0 unspecified atom stereocenters. The molecule has 0 aliphatic heterocycles. The molecule has 0 spiro atoms. The topological polar surface area (TPSA) is 51.1 Å². The van der Waals surface area contributed by atoms with Crippen molar-refractivity contribution in [1.82, 2.24) is 9.29 Å². The number of hydrogen-bond acceptors (Lipinski definition) is 2. The molecule has 22 heavy (non-hydrogen) atoms. The van der Waals surface area contributed by atoms with Crippen molar-refractivity contribution in [3.05, 3.63) is 35.8 Å². The minimum absolute atomic E-state index is 0.105. The summed E-state index contributed by atoms with van der Waals surface area (Å²) in [5.41, 5.74) is -4.22. The van der Waals surface area contributed by atoms with Crippen LogP contribution >= 0.6 is 0 Å². The van der Waals surface area contributed by atoms with E-state index in [-0.39, 0.29) is 19.5 Å². The molecule has 1 heterocycles. The molecule has 2 aromatic rings. The van der Waals surface area contributed by atoms with Crippen LogP contribution in [0, 0.1) is 12.7 Å². The third-order valence-electron chi connectivity index (χ3n) is 3.23. The first-order chi connectivity index (χ1) is 10.1. The number of para-hydroxylation sites is 1. The van der Waals surface area contributed by atoms with Gasteiger partial charge in [-0.15, -0.1) is 0 Å². The van der Waals surface area contributed by atoms with Crippen LogP contribution in [0.15, 0.2) is 24.3 Å². The average molecular weight is 338 g/mol. The van der Waals surface area contributed by atoms with E-state index < -0.39 is 21.3 Å². The zero-order valence-corrected chi connectivity index (χ0v) is 12.4. The van der Waals surface area contributed by atoms with E-state index in [1.54, 1.807) is 29.7 Å². The summed E-state index contributed by atoms with van der Waals surface area (Å²) in [7, 11) is -5.33. The van der Waals surface area contributed by atoms with Crippen LogP contribution in [0.25, 0.3) is 10.9 Å². The standard InChI is InChI=1S/C13H14F4N2O2S/c1-9-8-10-4-2-5-11(14)12(10)19(9)7-3-6-18-22(20,21)13(15,16)17/h2,4-5,8,18H,3,6-7H2,1H3. The molecular weight excluding hydrogens is 324 g/mol. The Morgan fingerprint density at radius 2 is 1.95 bits per heavy atom. The van der Waals surface area contributed by atoms with E-state index in [1.165, 1.54) is 10.8 Å². The maximum absolute atomic E-state index is 13.8. The molecule has 1 aromatic carbocycles. The third kappa shape index (κ3) is 3.25. The predicted molar refractivity (Wildman–Crippen MR) is 74.2 cm³/mol. The van der Waals surface area contributed by atoms with Crippen molar-refractivity contribution in [2.75, 3.05) is 6.54 Å². The Labute approximate surface area is 124 Å². The van der Waals surface area contributed by atoms with E-state index in [0.717, 1.165) is 5.69 Å². The summed E-state index contributed by atoms with van der Waals surface area (Å²) in [6, 6.07) is 6.36. The molecule has 0 aliphatic carbocycles. The number of nitrogens with zero attached hydrogens (tertiary/aromatic N) is 1. The summed E-state index contributed by atoms with van der Waals surface area (Å²) >= 11 is 0. The van der Waals surface area contributed by atoms with Crippen molar-refractivity contribution in [3.8, 4) is 0 Å². The van der Waals surface area contributed by atoms with Crippen molar-refractivity contribution in [3.63, 3.8) is 0 Å². The van der Waals surface area contributed by atoms with Crippen molar-refractivity contribution >= 4 is 20.9 Å². The highest BCUT2D eigenvalue weighted by atomic mass is 32.2. The van der Waals surface area contributed by atoms with Gasteiger partial charge in [0.25, 0.3) is 0 Å². The number of rotatable bonds is 5. The Balaban J connectivity index is 2.06. The molecule has 1 N–H and O–H groups in total. The first-order valence-electron chi connectivity index (χ1n) is 6.44. The molecule has 0 aliphatic rings. The Bertz CT molecular complexity index is 781. The van der Waals surface area contributed by atoms with Gasteiger partial charge in [0, 0.05) is 24.2 Å². The minimum Gasteiger partial charge on any atom is -0.342 e. The largest absolute Gasteiger partial charge is 0.511 e. The zero-order valence-electron chi connectivity index (χ0n) is 11.6. The van der Waals surface area contributed by atoms with Gasteiger partial charge < -0.3 is 4.57 Å². The number of aryl methyl sites for hydroxylation is 2. The number of hydrogen-bond donors (Lipinski definition) is 1. The van der Waals surface area contributed by atoms with Crippen molar-refractivity contribution < 1.29 is 26.0 Å². The highest BCUT2D eigenvalue weighted by molar-refractivity contribution is 7.90. The number of sulfonamides is 1. The summed E-state index contributed by atoms with van der Waals surface area (Å²) in [6.45, 7) is 1.57. The first kappa shape index (κ1) is 16.8. The lowest BCUT2D eigenvalue weighted by Crippen LogP contribution is -2.37. The average Bonchev–Trinajstić information content (AvgIpc) is 2.71. The second-order valence-corrected chi connectivity index (χ2v) is 6.57. The normalized spacial score (nSPS) is 13.0. The monoisotopic (exact) mass is 338 g/mol. The first-order valence-corrected chi connectivity index (χ1v) is 7.92. The van der Waals surface area contributed by atoms with E-state index in [1.807, 2.05) is 0 Å². The van der Waals surface area contributed by atoms with Gasteiger partial charge in [-0.1, -0.05) is 12.1 Å². The van der Waals surface area contributed by atoms with Crippen LogP contribution in [-0.2, 0) is 16.6 Å². The molecule has 0 fully saturated rings. The van der Waals surface area contributed by atoms with Gasteiger partial charge >= 0.3 is 15.5 Å². The van der Waals surface area contributed by atoms with E-state index in [9.17, 15) is 26.0 Å². The molecule has 0 bridgehead atoms. The second-order valence-electron chi connectivity index (χ2n) is 4.81. The molecule has 0 atom stereocenters. The zero-order chi connectivity index (χ0) is 16.5. The second kappa shape index (κ2) is 5.88. The van der Waals surface area contributed by atoms with Crippen LogP contribution in [0.3, 0.4) is 0 Å². The Morgan fingerprint density at radius 1 is 1.27 bits per heavy atom. The van der Waals surface area contributed by atoms with Crippen LogP contribution in [0.5, 0.6) is 0 Å². The molecule has 122 valence electrons. The fourth-order valence-corrected chi connectivity index (χ4v) is 2.80. The molecule has 9 heteroatoms. The molecule has 0 radical (unpaired) electrons. The van der Waals surface area contributed by atoms with Gasteiger partial charge in [-0.3, -0.25) is 0 Å². The molecule has 1 aromatic heterocycles. The van der Waals surface area contributed by atoms with Gasteiger partial charge in [0.05, 0.1) is 5.52 Å². The Morgan fingerprint density at radius 3 is 2.59 bits per heavy atom. The lowest BCUT2D eigenvalue weighted by Gasteiger charge is -2.11. The van der Waals surface area contributed by atoms with Crippen LogP contribution < -0.4 is 4.72 Å². The van der Waals surface area contributed by atoms with E-state index in [4.69, 9.17) is 0 Å². The number of aromatic nitrogens is 1. The summed E-state index contributed by atoms with van der Waals surface area (Å²) in [6.07, 6.45) is 0.105. The highest BCUT2D eigenvalue weighted by Crippen LogP contribution is 2.23. The van der Waals surface area contributed by atoms with E-state index in [2.05, 4.69) is 0 Å². The van der Waals surface area contributed by atoms with Gasteiger partial charge in [-0.2, -0.15) is 13.2 Å². The smallest absolute Gasteiger partial charge is 0.342 e. The minimum atomic E-state index is -5.33. The van der Waals surface area contributed by atoms with Gasteiger partial charge in [-0.05, 0) is 25.5 Å². The van der Waals surface area contributed by atoms with Crippen LogP contribution in [0.2, 0.25) is 0 Å². The third-order valence-corrected chi connectivity index (χ3v) is 4.43. The quantitative estimate of drug-likeness (QED) is 0.673. The number of alkyl halides is 3. The SMILES string of the molecule is Cc1cc2cccc(F)c2n1CCCNS(=O)(=O)C(F)(F)F. The number of fused-ring (bicyclic) bond motifs is 1. The van der Waals surface area contributed by atoms with Crippen molar-refractivity contribution in [1.29, 1.82) is 0 Å².